The van der Waals surface area contributed by atoms with Crippen molar-refractivity contribution in [1.29, 1.82) is 0 Å². The molecule has 0 bridgehead atoms. The maximum atomic E-state index is 8.46. The van der Waals surface area contributed by atoms with E-state index in [1.807, 2.05) is 6.92 Å². The molecule has 0 aromatic carbocycles. The Morgan fingerprint density at radius 2 is 1.30 bits per heavy atom. The van der Waals surface area contributed by atoms with Crippen LogP contribution in [0.5, 0.6) is 0 Å². The molecule has 0 saturated carbocycles. The maximum absolute atomic E-state index is 8.46. The summed E-state index contributed by atoms with van der Waals surface area (Å²) < 4.78 is 2.09. The number of hydrogen-bond acceptors (Lipinski definition) is 2. The van der Waals surface area contributed by atoms with E-state index in [0.717, 1.165) is 38.5 Å². The molecule has 0 radical (unpaired) electrons. The van der Waals surface area contributed by atoms with Crippen molar-refractivity contribution in [2.75, 3.05) is 13.2 Å². The number of hydrogen-bond donors (Lipinski definition) is 2. The van der Waals surface area contributed by atoms with E-state index in [4.69, 9.17) is 10.2 Å². The van der Waals surface area contributed by atoms with Gasteiger partial charge in [0.2, 0.25) is 0 Å². The predicted octanol–water partition coefficient (Wildman–Crippen LogP) is -2.74. The minimum atomic E-state index is 0. The van der Waals surface area contributed by atoms with E-state index in [2.05, 4.69) is 40.2 Å². The van der Waals surface area contributed by atoms with Crippen molar-refractivity contribution in [3.8, 4) is 0 Å². The first-order valence-corrected chi connectivity index (χ1v) is 8.89. The Morgan fingerprint density at radius 3 is 1.52 bits per heavy atom. The molecule has 2 nitrogen and oxygen atoms in total. The van der Waals surface area contributed by atoms with Crippen LogP contribution in [0, 0.1) is 12.2 Å². The average Bonchev–Trinajstić information content (AvgIpc) is 3.18. The molecule has 2 N–H and O–H groups in total. The Morgan fingerprint density at radius 1 is 0.957 bits per heavy atom. The summed E-state index contributed by atoms with van der Waals surface area (Å²) in [5.74, 6) is 0. The van der Waals surface area contributed by atoms with Gasteiger partial charge in [-0.3, -0.25) is 12.2 Å². The quantitative estimate of drug-likeness (QED) is 0.444. The summed E-state index contributed by atoms with van der Waals surface area (Å²) >= 11 is 1.51. The van der Waals surface area contributed by atoms with Crippen LogP contribution in [0.4, 0.5) is 0 Å². The van der Waals surface area contributed by atoms with Gasteiger partial charge in [0.05, 0.1) is 0 Å². The second-order valence-electron chi connectivity index (χ2n) is 4.56. The van der Waals surface area contributed by atoms with Crippen molar-refractivity contribution < 1.29 is 59.3 Å². The second kappa shape index (κ2) is 22.2. The molecule has 5 heteroatoms. The summed E-state index contributed by atoms with van der Waals surface area (Å²) in [6.07, 6.45) is 20.3. The van der Waals surface area contributed by atoms with Crippen LogP contribution in [-0.4, -0.2) is 27.1 Å². The van der Waals surface area contributed by atoms with Crippen LogP contribution in [-0.2, 0) is 24.2 Å². The molecule has 0 aromatic heterocycles. The first-order chi connectivity index (χ1) is 10.3. The summed E-state index contributed by atoms with van der Waals surface area (Å²) in [5.41, 5.74) is 2.51. The third-order valence-electron chi connectivity index (χ3n) is 2.74. The first kappa shape index (κ1) is 28.0. The molecular formula is C18H26Cl2O2Zr-2. The van der Waals surface area contributed by atoms with Gasteiger partial charge in [-0.05, 0) is 12.8 Å². The molecule has 2 aliphatic carbocycles. The van der Waals surface area contributed by atoms with Gasteiger partial charge in [0.1, 0.15) is 0 Å². The molecular weight excluding hydrogens is 410 g/mol. The van der Waals surface area contributed by atoms with Gasteiger partial charge in [-0.15, -0.1) is 12.8 Å². The third-order valence-corrected chi connectivity index (χ3v) is 2.74. The van der Waals surface area contributed by atoms with Crippen LogP contribution in [0.3, 0.4) is 0 Å². The van der Waals surface area contributed by atoms with Crippen molar-refractivity contribution in [1.82, 2.24) is 0 Å². The summed E-state index contributed by atoms with van der Waals surface area (Å²) in [5, 5.41) is 16.9. The smallest absolute Gasteiger partial charge is 0.0433 e. The van der Waals surface area contributed by atoms with Crippen LogP contribution in [0.15, 0.2) is 35.5 Å². The number of halogens is 2. The van der Waals surface area contributed by atoms with Crippen LogP contribution in [0.2, 0.25) is 0 Å². The van der Waals surface area contributed by atoms with Crippen molar-refractivity contribution in [3.63, 3.8) is 0 Å². The van der Waals surface area contributed by atoms with Gasteiger partial charge in [0.15, 0.2) is 0 Å². The molecule has 0 aromatic rings. The van der Waals surface area contributed by atoms with E-state index in [9.17, 15) is 0 Å². The molecule has 0 amide bonds. The topological polar surface area (TPSA) is 40.5 Å². The molecule has 0 saturated heterocycles. The van der Waals surface area contributed by atoms with Crippen LogP contribution < -0.4 is 24.8 Å². The molecule has 0 unspecified atom stereocenters. The normalized spacial score (nSPS) is 13.4. The van der Waals surface area contributed by atoms with Crippen molar-refractivity contribution in [2.45, 2.75) is 45.4 Å². The van der Waals surface area contributed by atoms with E-state index >= 15 is 0 Å². The average molecular weight is 437 g/mol. The Balaban J connectivity index is -0.000000277. The molecule has 2 aliphatic rings. The molecule has 0 atom stereocenters. The Bertz CT molecular complexity index is 354. The fourth-order valence-corrected chi connectivity index (χ4v) is 1.78. The molecule has 0 aliphatic heterocycles. The Kier molecular flexibility index (Phi) is 27.1. The monoisotopic (exact) mass is 434 g/mol. The number of rotatable bonds is 6. The number of allylic oxidation sites excluding steroid dienone is 8. The molecule has 0 heterocycles. The summed E-state index contributed by atoms with van der Waals surface area (Å²) in [6.45, 7) is 2.62. The molecule has 130 valence electrons. The summed E-state index contributed by atoms with van der Waals surface area (Å²) in [4.78, 5) is 0. The van der Waals surface area contributed by atoms with Gasteiger partial charge in [-0.1, -0.05) is 12.8 Å². The van der Waals surface area contributed by atoms with Crippen LogP contribution in [0.1, 0.15) is 45.4 Å². The molecule has 0 spiro atoms. The summed E-state index contributed by atoms with van der Waals surface area (Å²) in [7, 11) is 0. The van der Waals surface area contributed by atoms with E-state index in [0.29, 0.717) is 13.2 Å². The predicted molar refractivity (Wildman–Crippen MR) is 85.4 cm³/mol. The fraction of sp³-hybridized carbons (Fsp3) is 0.500. The first-order valence-electron chi connectivity index (χ1n) is 7.47. The van der Waals surface area contributed by atoms with Gasteiger partial charge in [-0.25, -0.2) is 23.3 Å². The van der Waals surface area contributed by atoms with E-state index in [1.165, 1.54) is 35.4 Å². The van der Waals surface area contributed by atoms with Gasteiger partial charge in [-0.2, -0.15) is 12.2 Å². The van der Waals surface area contributed by atoms with Crippen LogP contribution >= 0.6 is 0 Å². The molecule has 23 heavy (non-hydrogen) atoms. The van der Waals surface area contributed by atoms with E-state index in [-0.39, 0.29) is 24.8 Å². The van der Waals surface area contributed by atoms with E-state index < -0.39 is 0 Å². The number of aliphatic hydroxyl groups is 2. The Labute approximate surface area is 168 Å². The molecule has 0 fully saturated rings. The standard InChI is InChI=1S/2C8H11O.C2H4.2ClH.Zr/c2*9-7-3-6-8-4-1-2-5-8;1-2;;;/h2*1,4,9H,2-3,6-7H2;1H,2H3;2*1H;/q2*-1;;;;+2/p-2. The van der Waals surface area contributed by atoms with Crippen molar-refractivity contribution in [2.24, 2.45) is 0 Å². The zero-order valence-electron chi connectivity index (χ0n) is 13.7. The van der Waals surface area contributed by atoms with Crippen LogP contribution in [0.25, 0.3) is 0 Å². The Hall–Kier alpha value is 0.213. The minimum absolute atomic E-state index is 0. The van der Waals surface area contributed by atoms with E-state index in [1.54, 1.807) is 0 Å². The van der Waals surface area contributed by atoms with Gasteiger partial charge < -0.3 is 35.0 Å². The SMILES string of the molecule is C[CH]=[Zr+2].OCCCC1=[C-]CC=C1.OCCCC1=[C-]CC=C1.[Cl-].[Cl-]. The zero-order valence-corrected chi connectivity index (χ0v) is 17.7. The number of aliphatic hydroxyl groups excluding tert-OH is 2. The van der Waals surface area contributed by atoms with Gasteiger partial charge >= 0.3 is 34.9 Å². The summed E-state index contributed by atoms with van der Waals surface area (Å²) in [6, 6.07) is 0. The zero-order chi connectivity index (χ0) is 15.8. The molecule has 2 rings (SSSR count). The van der Waals surface area contributed by atoms with Crippen molar-refractivity contribution >= 4 is 3.71 Å². The minimum Gasteiger partial charge on any atom is -1.00 e. The third kappa shape index (κ3) is 18.4. The second-order valence-corrected chi connectivity index (χ2v) is 5.98. The maximum Gasteiger partial charge on any atom is 0.0433 e. The van der Waals surface area contributed by atoms with Gasteiger partial charge in [0.25, 0.3) is 0 Å². The van der Waals surface area contributed by atoms with Crippen molar-refractivity contribution in [3.05, 3.63) is 47.6 Å². The van der Waals surface area contributed by atoms with Gasteiger partial charge in [0, 0.05) is 13.2 Å². The fourth-order valence-electron chi connectivity index (χ4n) is 1.78. The largest absolute Gasteiger partial charge is 1.00 e.